The van der Waals surface area contributed by atoms with E-state index in [0.29, 0.717) is 35.5 Å². The summed E-state index contributed by atoms with van der Waals surface area (Å²) in [6, 6.07) is 25.8. The molecule has 4 amide bonds. The second-order valence-corrected chi connectivity index (χ2v) is 12.0. The van der Waals surface area contributed by atoms with Crippen LogP contribution in [-0.2, 0) is 22.7 Å². The van der Waals surface area contributed by atoms with Gasteiger partial charge >= 0.3 is 0 Å². The van der Waals surface area contributed by atoms with Crippen molar-refractivity contribution in [2.75, 3.05) is 31.1 Å². The number of aromatic nitrogens is 1. The number of imide groups is 1. The summed E-state index contributed by atoms with van der Waals surface area (Å²) in [5.74, 6) is 0.785. The van der Waals surface area contributed by atoms with Crippen molar-refractivity contribution < 1.29 is 23.9 Å². The van der Waals surface area contributed by atoms with Crippen LogP contribution in [0.2, 0.25) is 0 Å². The molecule has 4 heterocycles. The van der Waals surface area contributed by atoms with Gasteiger partial charge in [-0.1, -0.05) is 30.3 Å². The lowest BCUT2D eigenvalue weighted by Crippen LogP contribution is -2.52. The SMILES string of the molecule is NC(=O)c1ccc(N2CCN(Cc3ccc4c(c3)CN(C3CCC(=O)NC3=O)C4=O)CC2)nc1-c1ccc(Oc2ccccc2)cc1. The third-order valence-electron chi connectivity index (χ3n) is 8.94. The molecule has 7 rings (SSSR count). The summed E-state index contributed by atoms with van der Waals surface area (Å²) in [6.45, 7) is 4.19. The number of rotatable bonds is 8. The largest absolute Gasteiger partial charge is 0.457 e. The summed E-state index contributed by atoms with van der Waals surface area (Å²) in [4.78, 5) is 60.4. The Hall–Kier alpha value is -5.55. The number of ether oxygens (including phenoxy) is 1. The van der Waals surface area contributed by atoms with Crippen molar-refractivity contribution in [2.45, 2.75) is 32.0 Å². The molecule has 11 heteroatoms. The third kappa shape index (κ3) is 6.30. The molecule has 3 aliphatic heterocycles. The first-order valence-corrected chi connectivity index (χ1v) is 15.7. The Morgan fingerprint density at radius 3 is 2.36 bits per heavy atom. The quantitative estimate of drug-likeness (QED) is 0.281. The zero-order valence-corrected chi connectivity index (χ0v) is 25.7. The van der Waals surface area contributed by atoms with Gasteiger partial charge in [-0.15, -0.1) is 0 Å². The highest BCUT2D eigenvalue weighted by atomic mass is 16.5. The van der Waals surface area contributed by atoms with Gasteiger partial charge in [0.2, 0.25) is 11.8 Å². The number of carbonyl (C=O) groups is 4. The number of carbonyl (C=O) groups excluding carboxylic acids is 4. The van der Waals surface area contributed by atoms with Gasteiger partial charge in [-0.2, -0.15) is 0 Å². The standard InChI is InChI=1S/C36H34N6O5/c37-34(44)29-12-14-31(38-33(29)24-7-9-27(10-8-24)47-26-4-2-1-3-5-26)41-18-16-40(17-19-41)21-23-6-11-28-25(20-23)22-42(36(28)46)30-13-15-32(43)39-35(30)45/h1-12,14,20,30H,13,15-19,21-22H2,(H2,37,44)(H,39,43,45). The fourth-order valence-electron chi connectivity index (χ4n) is 6.47. The van der Waals surface area contributed by atoms with Gasteiger partial charge in [-0.25, -0.2) is 4.98 Å². The lowest BCUT2D eigenvalue weighted by atomic mass is 10.0. The number of nitrogens with one attached hydrogen (secondary N) is 1. The molecule has 0 aliphatic carbocycles. The van der Waals surface area contributed by atoms with Crippen molar-refractivity contribution >= 4 is 29.4 Å². The molecule has 0 radical (unpaired) electrons. The Kier molecular flexibility index (Phi) is 8.13. The normalized spacial score (nSPS) is 18.2. The monoisotopic (exact) mass is 630 g/mol. The van der Waals surface area contributed by atoms with Crippen molar-refractivity contribution in [3.63, 3.8) is 0 Å². The zero-order chi connectivity index (χ0) is 32.5. The Balaban J connectivity index is 0.995. The van der Waals surface area contributed by atoms with Crippen molar-refractivity contribution in [1.82, 2.24) is 20.1 Å². The highest BCUT2D eigenvalue weighted by Gasteiger charge is 2.39. The van der Waals surface area contributed by atoms with E-state index in [1.54, 1.807) is 11.0 Å². The number of hydrogen-bond donors (Lipinski definition) is 2. The van der Waals surface area contributed by atoms with Gasteiger partial charge < -0.3 is 20.3 Å². The van der Waals surface area contributed by atoms with Crippen LogP contribution in [0.4, 0.5) is 5.82 Å². The second-order valence-electron chi connectivity index (χ2n) is 12.0. The van der Waals surface area contributed by atoms with E-state index < -0.39 is 17.9 Å². The van der Waals surface area contributed by atoms with Crippen LogP contribution >= 0.6 is 0 Å². The molecule has 3 aliphatic rings. The maximum atomic E-state index is 13.1. The Morgan fingerprint density at radius 2 is 1.64 bits per heavy atom. The lowest BCUT2D eigenvalue weighted by Gasteiger charge is -2.35. The summed E-state index contributed by atoms with van der Waals surface area (Å²) in [6.07, 6.45) is 0.580. The van der Waals surface area contributed by atoms with Gasteiger partial charge in [-0.3, -0.25) is 29.4 Å². The molecule has 11 nitrogen and oxygen atoms in total. The molecular formula is C36H34N6O5. The summed E-state index contributed by atoms with van der Waals surface area (Å²) in [7, 11) is 0. The van der Waals surface area contributed by atoms with E-state index in [1.807, 2.05) is 72.8 Å². The van der Waals surface area contributed by atoms with E-state index in [2.05, 4.69) is 21.2 Å². The fraction of sp³-hybridized carbons (Fsp3) is 0.250. The third-order valence-corrected chi connectivity index (χ3v) is 8.94. The van der Waals surface area contributed by atoms with E-state index in [9.17, 15) is 19.2 Å². The molecule has 238 valence electrons. The number of primary amides is 1. The highest BCUT2D eigenvalue weighted by molar-refractivity contribution is 6.05. The van der Waals surface area contributed by atoms with Crippen molar-refractivity contribution in [3.8, 4) is 22.8 Å². The fourth-order valence-corrected chi connectivity index (χ4v) is 6.47. The van der Waals surface area contributed by atoms with E-state index in [4.69, 9.17) is 15.5 Å². The van der Waals surface area contributed by atoms with Crippen molar-refractivity contribution in [1.29, 1.82) is 0 Å². The van der Waals surface area contributed by atoms with Gasteiger partial charge in [0.15, 0.2) is 0 Å². The minimum atomic E-state index is -0.622. The Morgan fingerprint density at radius 1 is 0.894 bits per heavy atom. The zero-order valence-electron chi connectivity index (χ0n) is 25.7. The van der Waals surface area contributed by atoms with Gasteiger partial charge in [0.05, 0.1) is 11.3 Å². The number of benzene rings is 3. The molecular weight excluding hydrogens is 596 g/mol. The topological polar surface area (TPSA) is 138 Å². The van der Waals surface area contributed by atoms with Gasteiger partial charge in [0.1, 0.15) is 23.4 Å². The van der Waals surface area contributed by atoms with Crippen LogP contribution in [0.15, 0.2) is 84.9 Å². The first kappa shape index (κ1) is 30.1. The van der Waals surface area contributed by atoms with Crippen LogP contribution in [0.25, 0.3) is 11.3 Å². The number of piperazine rings is 1. The van der Waals surface area contributed by atoms with E-state index in [0.717, 1.165) is 61.0 Å². The van der Waals surface area contributed by atoms with Crippen molar-refractivity contribution in [3.05, 3.63) is 107 Å². The summed E-state index contributed by atoms with van der Waals surface area (Å²) < 4.78 is 5.92. The van der Waals surface area contributed by atoms with Crippen LogP contribution in [0.1, 0.15) is 44.7 Å². The molecule has 0 spiro atoms. The molecule has 3 aromatic carbocycles. The van der Waals surface area contributed by atoms with Gasteiger partial charge in [0, 0.05) is 56.8 Å². The molecule has 0 bridgehead atoms. The van der Waals surface area contributed by atoms with Crippen molar-refractivity contribution in [2.24, 2.45) is 5.73 Å². The van der Waals surface area contributed by atoms with Gasteiger partial charge in [0.25, 0.3) is 11.8 Å². The second kappa shape index (κ2) is 12.7. The average Bonchev–Trinajstić information content (AvgIpc) is 3.40. The smallest absolute Gasteiger partial charge is 0.255 e. The number of anilines is 1. The summed E-state index contributed by atoms with van der Waals surface area (Å²) >= 11 is 0. The number of hydrogen-bond acceptors (Lipinski definition) is 8. The van der Waals surface area contributed by atoms with Crippen LogP contribution in [-0.4, -0.2) is 70.6 Å². The molecule has 0 saturated carbocycles. The lowest BCUT2D eigenvalue weighted by molar-refractivity contribution is -0.136. The average molecular weight is 631 g/mol. The maximum absolute atomic E-state index is 13.1. The number of piperidine rings is 1. The summed E-state index contributed by atoms with van der Waals surface area (Å²) in [5.41, 5.74) is 10.00. The number of nitrogens with two attached hydrogens (primary N) is 1. The minimum Gasteiger partial charge on any atom is -0.457 e. The molecule has 2 saturated heterocycles. The Labute approximate surface area is 271 Å². The predicted octanol–water partition coefficient (Wildman–Crippen LogP) is 3.72. The number of pyridine rings is 1. The molecule has 1 atom stereocenters. The number of fused-ring (bicyclic) bond motifs is 1. The van der Waals surface area contributed by atoms with E-state index in [-0.39, 0.29) is 18.2 Å². The summed E-state index contributed by atoms with van der Waals surface area (Å²) in [5, 5.41) is 2.35. The first-order chi connectivity index (χ1) is 22.8. The maximum Gasteiger partial charge on any atom is 0.255 e. The minimum absolute atomic E-state index is 0.166. The molecule has 1 unspecified atom stereocenters. The predicted molar refractivity (Wildman–Crippen MR) is 175 cm³/mol. The number of amides is 4. The molecule has 3 N–H and O–H groups in total. The molecule has 2 fully saturated rings. The first-order valence-electron chi connectivity index (χ1n) is 15.7. The number of nitrogens with zero attached hydrogens (tertiary/aromatic N) is 4. The van der Waals surface area contributed by atoms with Crippen LogP contribution in [0.3, 0.4) is 0 Å². The van der Waals surface area contributed by atoms with Crippen LogP contribution in [0.5, 0.6) is 11.5 Å². The molecule has 4 aromatic rings. The molecule has 47 heavy (non-hydrogen) atoms. The van der Waals surface area contributed by atoms with Crippen LogP contribution < -0.4 is 20.7 Å². The highest BCUT2D eigenvalue weighted by Crippen LogP contribution is 2.31. The van der Waals surface area contributed by atoms with E-state index >= 15 is 0 Å². The van der Waals surface area contributed by atoms with Crippen LogP contribution in [0, 0.1) is 0 Å². The van der Waals surface area contributed by atoms with E-state index in [1.165, 1.54) is 0 Å². The Bertz CT molecular complexity index is 1850. The molecule has 1 aromatic heterocycles. The van der Waals surface area contributed by atoms with Gasteiger partial charge in [-0.05, 0) is 72.1 Å². The number of para-hydroxylation sites is 1.